The first-order chi connectivity index (χ1) is 9.13. The summed E-state index contributed by atoms with van der Waals surface area (Å²) in [5.74, 6) is 0.875. The molecule has 0 atom stereocenters. The molecule has 4 nitrogen and oxygen atoms in total. The molecule has 4 heteroatoms. The zero-order chi connectivity index (χ0) is 14.1. The Morgan fingerprint density at radius 2 is 2.05 bits per heavy atom. The van der Waals surface area contributed by atoms with Crippen LogP contribution in [-0.2, 0) is 11.3 Å². The van der Waals surface area contributed by atoms with Crippen molar-refractivity contribution in [2.24, 2.45) is 0 Å². The van der Waals surface area contributed by atoms with Gasteiger partial charge in [-0.3, -0.25) is 4.79 Å². The number of ether oxygens (including phenoxy) is 1. The van der Waals surface area contributed by atoms with Gasteiger partial charge in [-0.15, -0.1) is 0 Å². The van der Waals surface area contributed by atoms with Crippen LogP contribution in [0.15, 0.2) is 24.3 Å². The predicted octanol–water partition coefficient (Wildman–Crippen LogP) is 2.09. The maximum Gasteiger partial charge on any atom is 0.223 e. The fourth-order valence-corrected chi connectivity index (χ4v) is 1.70. The summed E-state index contributed by atoms with van der Waals surface area (Å²) in [5, 5.41) is 6.12. The van der Waals surface area contributed by atoms with E-state index in [-0.39, 0.29) is 11.9 Å². The van der Waals surface area contributed by atoms with Crippen LogP contribution in [0.5, 0.6) is 5.75 Å². The Labute approximate surface area is 115 Å². The Balaban J connectivity index is 2.42. The summed E-state index contributed by atoms with van der Waals surface area (Å²) in [4.78, 5) is 11.5. The van der Waals surface area contributed by atoms with Crippen molar-refractivity contribution >= 4 is 5.91 Å². The average molecular weight is 264 g/mol. The van der Waals surface area contributed by atoms with Crippen LogP contribution in [0, 0.1) is 0 Å². The highest BCUT2D eigenvalue weighted by atomic mass is 16.5. The van der Waals surface area contributed by atoms with Gasteiger partial charge in [0.05, 0.1) is 13.0 Å². The molecule has 106 valence electrons. The van der Waals surface area contributed by atoms with Gasteiger partial charge in [0.15, 0.2) is 0 Å². The lowest BCUT2D eigenvalue weighted by Gasteiger charge is -2.12. The third kappa shape index (κ3) is 6.25. The van der Waals surface area contributed by atoms with Crippen molar-refractivity contribution in [3.05, 3.63) is 29.8 Å². The Morgan fingerprint density at radius 3 is 2.74 bits per heavy atom. The van der Waals surface area contributed by atoms with E-state index in [9.17, 15) is 4.79 Å². The first-order valence-corrected chi connectivity index (χ1v) is 6.84. The van der Waals surface area contributed by atoms with E-state index in [1.165, 1.54) is 0 Å². The fraction of sp³-hybridized carbons (Fsp3) is 0.533. The molecular weight excluding hydrogens is 240 g/mol. The lowest BCUT2D eigenvalue weighted by molar-refractivity contribution is -0.122. The van der Waals surface area contributed by atoms with Crippen molar-refractivity contribution in [3.63, 3.8) is 0 Å². The molecule has 19 heavy (non-hydrogen) atoms. The van der Waals surface area contributed by atoms with Gasteiger partial charge in [-0.05, 0) is 26.5 Å². The van der Waals surface area contributed by atoms with Gasteiger partial charge in [-0.2, -0.15) is 0 Å². The molecule has 0 aromatic heterocycles. The third-order valence-corrected chi connectivity index (χ3v) is 2.57. The van der Waals surface area contributed by atoms with Crippen LogP contribution in [-0.4, -0.2) is 25.1 Å². The largest absolute Gasteiger partial charge is 0.493 e. The van der Waals surface area contributed by atoms with Crippen molar-refractivity contribution in [3.8, 4) is 5.75 Å². The second-order valence-corrected chi connectivity index (χ2v) is 4.71. The quantitative estimate of drug-likeness (QED) is 0.756. The third-order valence-electron chi connectivity index (χ3n) is 2.57. The zero-order valence-electron chi connectivity index (χ0n) is 12.0. The maximum atomic E-state index is 11.5. The first-order valence-electron chi connectivity index (χ1n) is 6.84. The summed E-state index contributed by atoms with van der Waals surface area (Å²) in [6.45, 7) is 8.08. The van der Waals surface area contributed by atoms with Crippen molar-refractivity contribution < 1.29 is 9.53 Å². The summed E-state index contributed by atoms with van der Waals surface area (Å²) >= 11 is 0. The van der Waals surface area contributed by atoms with E-state index in [4.69, 9.17) is 4.74 Å². The Hall–Kier alpha value is -1.55. The Bertz CT molecular complexity index is 391. The normalized spacial score (nSPS) is 10.5. The lowest BCUT2D eigenvalue weighted by atomic mass is 10.2. The molecule has 0 aliphatic carbocycles. The minimum absolute atomic E-state index is 0.0270. The molecule has 0 radical (unpaired) electrons. The van der Waals surface area contributed by atoms with Crippen molar-refractivity contribution in [1.82, 2.24) is 10.6 Å². The molecule has 0 unspecified atom stereocenters. The molecule has 0 aliphatic rings. The number of carbonyl (C=O) groups excluding carboxylic acids is 1. The average Bonchev–Trinajstić information content (AvgIpc) is 2.36. The molecule has 1 rings (SSSR count). The van der Waals surface area contributed by atoms with Gasteiger partial charge in [-0.25, -0.2) is 0 Å². The molecule has 1 aromatic rings. The Morgan fingerprint density at radius 1 is 1.32 bits per heavy atom. The minimum Gasteiger partial charge on any atom is -0.493 e. The van der Waals surface area contributed by atoms with Crippen molar-refractivity contribution in [2.45, 2.75) is 39.8 Å². The number of carbonyl (C=O) groups is 1. The summed E-state index contributed by atoms with van der Waals surface area (Å²) in [5.41, 5.74) is 1.12. The molecule has 0 aliphatic heterocycles. The fourth-order valence-electron chi connectivity index (χ4n) is 1.70. The molecule has 0 fully saturated rings. The van der Waals surface area contributed by atoms with Gasteiger partial charge < -0.3 is 15.4 Å². The number of para-hydroxylation sites is 1. The predicted molar refractivity (Wildman–Crippen MR) is 77.2 cm³/mol. The maximum absolute atomic E-state index is 11.5. The number of nitrogens with one attached hydrogen (secondary N) is 2. The van der Waals surface area contributed by atoms with E-state index in [1.54, 1.807) is 0 Å². The van der Waals surface area contributed by atoms with E-state index in [0.717, 1.165) is 24.4 Å². The van der Waals surface area contributed by atoms with Crippen LogP contribution in [0.1, 0.15) is 32.8 Å². The highest BCUT2D eigenvalue weighted by Crippen LogP contribution is 2.17. The van der Waals surface area contributed by atoms with Crippen LogP contribution in [0.3, 0.4) is 0 Å². The van der Waals surface area contributed by atoms with Crippen LogP contribution in [0.2, 0.25) is 0 Å². The van der Waals surface area contributed by atoms with Gasteiger partial charge in [-0.1, -0.05) is 25.1 Å². The molecular formula is C15H24N2O2. The monoisotopic (exact) mass is 264 g/mol. The van der Waals surface area contributed by atoms with Crippen molar-refractivity contribution in [2.75, 3.05) is 13.2 Å². The SMILES string of the molecule is CCNCc1ccccc1OCCC(=O)NC(C)C. The lowest BCUT2D eigenvalue weighted by Crippen LogP contribution is -2.31. The van der Waals surface area contributed by atoms with Gasteiger partial charge in [0.2, 0.25) is 5.91 Å². The highest BCUT2D eigenvalue weighted by Gasteiger charge is 2.05. The topological polar surface area (TPSA) is 50.4 Å². The number of benzene rings is 1. The van der Waals surface area contributed by atoms with E-state index in [1.807, 2.05) is 38.1 Å². The van der Waals surface area contributed by atoms with Gasteiger partial charge >= 0.3 is 0 Å². The molecule has 2 N–H and O–H groups in total. The van der Waals surface area contributed by atoms with E-state index < -0.39 is 0 Å². The molecule has 0 bridgehead atoms. The van der Waals surface area contributed by atoms with E-state index >= 15 is 0 Å². The summed E-state index contributed by atoms with van der Waals surface area (Å²) in [6, 6.07) is 8.08. The molecule has 1 amide bonds. The second-order valence-electron chi connectivity index (χ2n) is 4.71. The van der Waals surface area contributed by atoms with Gasteiger partial charge in [0, 0.05) is 18.2 Å². The summed E-state index contributed by atoms with van der Waals surface area (Å²) in [7, 11) is 0. The zero-order valence-corrected chi connectivity index (χ0v) is 12.0. The minimum atomic E-state index is 0.0270. The van der Waals surface area contributed by atoms with Crippen LogP contribution >= 0.6 is 0 Å². The van der Waals surface area contributed by atoms with Gasteiger partial charge in [0.25, 0.3) is 0 Å². The molecule has 0 heterocycles. The molecule has 0 saturated carbocycles. The summed E-state index contributed by atoms with van der Waals surface area (Å²) in [6.07, 6.45) is 0.383. The van der Waals surface area contributed by atoms with E-state index in [2.05, 4.69) is 17.6 Å². The number of hydrogen-bond donors (Lipinski definition) is 2. The van der Waals surface area contributed by atoms with Crippen LogP contribution < -0.4 is 15.4 Å². The van der Waals surface area contributed by atoms with Crippen LogP contribution in [0.25, 0.3) is 0 Å². The molecule has 1 aromatic carbocycles. The number of hydrogen-bond acceptors (Lipinski definition) is 3. The standard InChI is InChI=1S/C15H24N2O2/c1-4-16-11-13-7-5-6-8-14(13)19-10-9-15(18)17-12(2)3/h5-8,12,16H,4,9-11H2,1-3H3,(H,17,18). The summed E-state index contributed by atoms with van der Waals surface area (Å²) < 4.78 is 5.69. The highest BCUT2D eigenvalue weighted by molar-refractivity contribution is 5.76. The van der Waals surface area contributed by atoms with Crippen LogP contribution in [0.4, 0.5) is 0 Å². The second kappa shape index (κ2) is 8.53. The molecule has 0 saturated heterocycles. The van der Waals surface area contributed by atoms with Crippen molar-refractivity contribution in [1.29, 1.82) is 0 Å². The first kappa shape index (κ1) is 15.5. The van der Waals surface area contributed by atoms with E-state index in [0.29, 0.717) is 13.0 Å². The molecule has 0 spiro atoms. The van der Waals surface area contributed by atoms with Gasteiger partial charge in [0.1, 0.15) is 5.75 Å². The number of rotatable bonds is 8. The Kier molecular flexibility index (Phi) is 6.97. The number of amides is 1. The smallest absolute Gasteiger partial charge is 0.223 e.